The lowest BCUT2D eigenvalue weighted by Gasteiger charge is -2.05. The molecule has 0 atom stereocenters. The topological polar surface area (TPSA) is 35.0 Å². The lowest BCUT2D eigenvalue weighted by Crippen LogP contribution is -1.90. The van der Waals surface area contributed by atoms with E-state index in [0.29, 0.717) is 16.1 Å². The molecular weight excluding hydrogens is 319 g/mol. The average Bonchev–Trinajstić information content (AvgIpc) is 2.83. The van der Waals surface area contributed by atoms with Crippen molar-refractivity contribution in [3.63, 3.8) is 0 Å². The van der Waals surface area contributed by atoms with E-state index in [1.54, 1.807) is 12.1 Å². The SMILES string of the molecule is Fc1cc(Oc2ncnc3sccc23)ccc1Br. The summed E-state index contributed by atoms with van der Waals surface area (Å²) < 4.78 is 19.4. The van der Waals surface area contributed by atoms with Crippen molar-refractivity contribution in [3.8, 4) is 11.6 Å². The van der Waals surface area contributed by atoms with Crippen molar-refractivity contribution >= 4 is 37.5 Å². The largest absolute Gasteiger partial charge is 0.438 e. The molecular formula is C12H6BrFN2OS. The summed E-state index contributed by atoms with van der Waals surface area (Å²) in [4.78, 5) is 9.03. The zero-order chi connectivity index (χ0) is 12.5. The van der Waals surface area contributed by atoms with Crippen molar-refractivity contribution in [1.29, 1.82) is 0 Å². The molecule has 90 valence electrons. The average molecular weight is 325 g/mol. The van der Waals surface area contributed by atoms with Crippen LogP contribution in [0.5, 0.6) is 11.6 Å². The molecule has 3 aromatic rings. The standard InChI is InChI=1S/C12H6BrFN2OS/c13-9-2-1-7(5-10(9)14)17-11-8-3-4-18-12(8)16-6-15-11/h1-6H. The van der Waals surface area contributed by atoms with Crippen LogP contribution in [-0.4, -0.2) is 9.97 Å². The smallest absolute Gasteiger partial charge is 0.231 e. The summed E-state index contributed by atoms with van der Waals surface area (Å²) in [5.74, 6) is 0.466. The summed E-state index contributed by atoms with van der Waals surface area (Å²) in [6.45, 7) is 0. The molecule has 0 saturated carbocycles. The van der Waals surface area contributed by atoms with Crippen molar-refractivity contribution in [3.05, 3.63) is 46.3 Å². The van der Waals surface area contributed by atoms with Crippen LogP contribution in [-0.2, 0) is 0 Å². The molecule has 0 N–H and O–H groups in total. The molecule has 3 rings (SSSR count). The summed E-state index contributed by atoms with van der Waals surface area (Å²) >= 11 is 4.60. The Bertz CT molecular complexity index is 716. The van der Waals surface area contributed by atoms with Crippen molar-refractivity contribution in [2.75, 3.05) is 0 Å². The van der Waals surface area contributed by atoms with E-state index in [-0.39, 0.29) is 5.82 Å². The molecule has 0 amide bonds. The highest BCUT2D eigenvalue weighted by molar-refractivity contribution is 9.10. The summed E-state index contributed by atoms with van der Waals surface area (Å²) in [7, 11) is 0. The van der Waals surface area contributed by atoms with Gasteiger partial charge in [0.2, 0.25) is 5.88 Å². The fourth-order valence-corrected chi connectivity index (χ4v) is 2.47. The van der Waals surface area contributed by atoms with E-state index in [1.807, 2.05) is 11.4 Å². The Morgan fingerprint density at radius 3 is 2.94 bits per heavy atom. The number of fused-ring (bicyclic) bond motifs is 1. The molecule has 0 aliphatic rings. The van der Waals surface area contributed by atoms with Crippen LogP contribution in [0, 0.1) is 5.82 Å². The first-order chi connectivity index (χ1) is 8.74. The highest BCUT2D eigenvalue weighted by Gasteiger charge is 2.08. The lowest BCUT2D eigenvalue weighted by atomic mass is 10.3. The fraction of sp³-hybridized carbons (Fsp3) is 0. The van der Waals surface area contributed by atoms with E-state index in [9.17, 15) is 4.39 Å². The Balaban J connectivity index is 2.01. The Morgan fingerprint density at radius 2 is 2.11 bits per heavy atom. The van der Waals surface area contributed by atoms with Gasteiger partial charge >= 0.3 is 0 Å². The Kier molecular flexibility index (Phi) is 2.97. The van der Waals surface area contributed by atoms with Crippen LogP contribution in [0.3, 0.4) is 0 Å². The number of halogens is 2. The van der Waals surface area contributed by atoms with E-state index in [2.05, 4.69) is 25.9 Å². The molecule has 0 aliphatic carbocycles. The number of hydrogen-bond donors (Lipinski definition) is 0. The predicted molar refractivity (Wildman–Crippen MR) is 71.6 cm³/mol. The van der Waals surface area contributed by atoms with Crippen LogP contribution < -0.4 is 4.74 Å². The van der Waals surface area contributed by atoms with Gasteiger partial charge in [0.15, 0.2) is 0 Å². The molecule has 0 fully saturated rings. The van der Waals surface area contributed by atoms with E-state index in [0.717, 1.165) is 10.2 Å². The minimum absolute atomic E-state index is 0.372. The first-order valence-electron chi connectivity index (χ1n) is 5.05. The van der Waals surface area contributed by atoms with Crippen LogP contribution >= 0.6 is 27.3 Å². The second-order valence-corrected chi connectivity index (χ2v) is 5.25. The predicted octanol–water partition coefficient (Wildman–Crippen LogP) is 4.39. The van der Waals surface area contributed by atoms with E-state index in [1.165, 1.54) is 23.7 Å². The van der Waals surface area contributed by atoms with Gasteiger partial charge < -0.3 is 4.74 Å². The molecule has 0 radical (unpaired) electrons. The summed E-state index contributed by atoms with van der Waals surface area (Å²) in [6, 6.07) is 6.46. The number of aromatic nitrogens is 2. The van der Waals surface area contributed by atoms with Gasteiger partial charge in [0.05, 0.1) is 9.86 Å². The molecule has 0 unspecified atom stereocenters. The van der Waals surface area contributed by atoms with Crippen molar-refractivity contribution < 1.29 is 9.13 Å². The van der Waals surface area contributed by atoms with Crippen LogP contribution in [0.25, 0.3) is 10.2 Å². The third kappa shape index (κ3) is 2.09. The molecule has 0 saturated heterocycles. The molecule has 0 spiro atoms. The number of ether oxygens (including phenoxy) is 1. The van der Waals surface area contributed by atoms with Crippen molar-refractivity contribution in [2.45, 2.75) is 0 Å². The van der Waals surface area contributed by atoms with Crippen LogP contribution in [0.4, 0.5) is 4.39 Å². The van der Waals surface area contributed by atoms with Gasteiger partial charge in [-0.15, -0.1) is 11.3 Å². The van der Waals surface area contributed by atoms with Gasteiger partial charge in [0.25, 0.3) is 0 Å². The maximum absolute atomic E-state index is 13.4. The van der Waals surface area contributed by atoms with Crippen LogP contribution in [0.1, 0.15) is 0 Å². The highest BCUT2D eigenvalue weighted by Crippen LogP contribution is 2.30. The highest BCUT2D eigenvalue weighted by atomic mass is 79.9. The molecule has 6 heteroatoms. The normalized spacial score (nSPS) is 10.8. The zero-order valence-electron chi connectivity index (χ0n) is 8.93. The number of nitrogens with zero attached hydrogens (tertiary/aromatic N) is 2. The molecule has 2 aromatic heterocycles. The third-order valence-electron chi connectivity index (χ3n) is 2.33. The number of hydrogen-bond acceptors (Lipinski definition) is 4. The van der Waals surface area contributed by atoms with Gasteiger partial charge in [-0.2, -0.15) is 0 Å². The van der Waals surface area contributed by atoms with Gasteiger partial charge in [-0.3, -0.25) is 0 Å². The van der Waals surface area contributed by atoms with E-state index >= 15 is 0 Å². The maximum atomic E-state index is 13.4. The third-order valence-corrected chi connectivity index (χ3v) is 3.79. The van der Waals surface area contributed by atoms with E-state index in [4.69, 9.17) is 4.74 Å². The molecule has 3 nitrogen and oxygen atoms in total. The molecule has 2 heterocycles. The lowest BCUT2D eigenvalue weighted by molar-refractivity contribution is 0.463. The van der Waals surface area contributed by atoms with Gasteiger partial charge in [-0.05, 0) is 39.5 Å². The fourth-order valence-electron chi connectivity index (χ4n) is 1.50. The minimum atomic E-state index is -0.372. The number of thiophene rings is 1. The monoisotopic (exact) mass is 324 g/mol. The minimum Gasteiger partial charge on any atom is -0.438 e. The Morgan fingerprint density at radius 1 is 1.22 bits per heavy atom. The van der Waals surface area contributed by atoms with Crippen LogP contribution in [0.2, 0.25) is 0 Å². The van der Waals surface area contributed by atoms with Crippen molar-refractivity contribution in [1.82, 2.24) is 9.97 Å². The maximum Gasteiger partial charge on any atom is 0.231 e. The zero-order valence-corrected chi connectivity index (χ0v) is 11.3. The van der Waals surface area contributed by atoms with Gasteiger partial charge in [-0.1, -0.05) is 0 Å². The van der Waals surface area contributed by atoms with Gasteiger partial charge in [0, 0.05) is 6.07 Å². The molecule has 1 aromatic carbocycles. The first-order valence-corrected chi connectivity index (χ1v) is 6.72. The second kappa shape index (κ2) is 4.62. The van der Waals surface area contributed by atoms with E-state index < -0.39 is 0 Å². The molecule has 0 bridgehead atoms. The number of benzene rings is 1. The Labute approximate surface area is 114 Å². The number of rotatable bonds is 2. The van der Waals surface area contributed by atoms with Crippen LogP contribution in [0.15, 0.2) is 40.4 Å². The van der Waals surface area contributed by atoms with Crippen molar-refractivity contribution in [2.24, 2.45) is 0 Å². The molecule has 18 heavy (non-hydrogen) atoms. The van der Waals surface area contributed by atoms with Gasteiger partial charge in [-0.25, -0.2) is 14.4 Å². The quantitative estimate of drug-likeness (QED) is 0.701. The van der Waals surface area contributed by atoms with Gasteiger partial charge in [0.1, 0.15) is 22.7 Å². The summed E-state index contributed by atoms with van der Waals surface area (Å²) in [6.07, 6.45) is 1.43. The Hall–Kier alpha value is -1.53. The summed E-state index contributed by atoms with van der Waals surface area (Å²) in [5, 5.41) is 2.74. The second-order valence-electron chi connectivity index (χ2n) is 3.50. The summed E-state index contributed by atoms with van der Waals surface area (Å²) in [5.41, 5.74) is 0. The molecule has 0 aliphatic heterocycles. The first kappa shape index (κ1) is 11.6.